The normalized spacial score (nSPS) is 16.9. The third-order valence-corrected chi connectivity index (χ3v) is 7.25. The molecule has 1 fully saturated rings. The van der Waals surface area contributed by atoms with Gasteiger partial charge in [-0.25, -0.2) is 17.1 Å². The van der Waals surface area contributed by atoms with Gasteiger partial charge < -0.3 is 10.6 Å². The Morgan fingerprint density at radius 3 is 2.38 bits per heavy atom. The average Bonchev–Trinajstić information content (AvgIpc) is 2.71. The molecule has 9 heteroatoms. The van der Waals surface area contributed by atoms with Crippen molar-refractivity contribution in [3.05, 3.63) is 35.6 Å². The van der Waals surface area contributed by atoms with Crippen molar-refractivity contribution in [3.8, 4) is 0 Å². The first kappa shape index (κ1) is 23.6. The fourth-order valence-corrected chi connectivity index (χ4v) is 4.92. The Kier molecular flexibility index (Phi) is 9.32. The molecule has 2 N–H and O–H groups in total. The van der Waals surface area contributed by atoms with Crippen molar-refractivity contribution in [2.45, 2.75) is 39.3 Å². The van der Waals surface area contributed by atoms with E-state index < -0.39 is 10.0 Å². The molecule has 0 aliphatic carbocycles. The highest BCUT2D eigenvalue weighted by atomic mass is 32.2. The summed E-state index contributed by atoms with van der Waals surface area (Å²) in [6.07, 6.45) is 1.94. The van der Waals surface area contributed by atoms with Crippen molar-refractivity contribution in [2.75, 3.05) is 45.5 Å². The molecule has 0 radical (unpaired) electrons. The maximum absolute atomic E-state index is 13.0. The Morgan fingerprint density at radius 2 is 1.83 bits per heavy atom. The molecule has 1 aromatic carbocycles. The van der Waals surface area contributed by atoms with E-state index in [9.17, 15) is 12.8 Å². The van der Waals surface area contributed by atoms with Crippen molar-refractivity contribution in [1.29, 1.82) is 0 Å². The molecule has 1 aliphatic heterocycles. The molecule has 0 bridgehead atoms. The number of rotatable bonds is 9. The van der Waals surface area contributed by atoms with Gasteiger partial charge in [0.05, 0.1) is 5.75 Å². The van der Waals surface area contributed by atoms with Crippen LogP contribution in [0.15, 0.2) is 29.3 Å². The van der Waals surface area contributed by atoms with Gasteiger partial charge in [0, 0.05) is 52.4 Å². The van der Waals surface area contributed by atoms with Crippen LogP contribution in [-0.4, -0.2) is 75.1 Å². The van der Waals surface area contributed by atoms with Crippen molar-refractivity contribution in [2.24, 2.45) is 4.99 Å². The van der Waals surface area contributed by atoms with Gasteiger partial charge >= 0.3 is 0 Å². The molecule has 0 unspecified atom stereocenters. The van der Waals surface area contributed by atoms with Crippen LogP contribution in [0.5, 0.6) is 0 Å². The van der Waals surface area contributed by atoms with Gasteiger partial charge in [0.1, 0.15) is 5.82 Å². The first-order chi connectivity index (χ1) is 13.9. The quantitative estimate of drug-likeness (QED) is 0.463. The number of nitrogens with zero attached hydrogens (tertiary/aromatic N) is 3. The average molecular weight is 428 g/mol. The lowest BCUT2D eigenvalue weighted by atomic mass is 10.0. The first-order valence-corrected chi connectivity index (χ1v) is 11.9. The van der Waals surface area contributed by atoms with E-state index >= 15 is 0 Å². The molecular formula is C20H34FN5O2S. The van der Waals surface area contributed by atoms with Crippen LogP contribution in [0.25, 0.3) is 0 Å². The van der Waals surface area contributed by atoms with E-state index in [1.54, 1.807) is 7.05 Å². The summed E-state index contributed by atoms with van der Waals surface area (Å²) in [4.78, 5) is 6.58. The van der Waals surface area contributed by atoms with E-state index in [1.807, 2.05) is 26.0 Å². The van der Waals surface area contributed by atoms with E-state index in [4.69, 9.17) is 0 Å². The highest BCUT2D eigenvalue weighted by molar-refractivity contribution is 7.89. The minimum Gasteiger partial charge on any atom is -0.355 e. The third kappa shape index (κ3) is 7.56. The van der Waals surface area contributed by atoms with Gasteiger partial charge in [-0.2, -0.15) is 0 Å². The van der Waals surface area contributed by atoms with E-state index in [0.29, 0.717) is 31.6 Å². The standard InChI is InChI=1S/C20H34FN5O2S/c1-4-26(5-2)29(27,28)15-12-23-20(22-3)24-19-10-13-25(14-11-19)16-17-6-8-18(21)9-7-17/h6-9,19H,4-5,10-16H2,1-3H3,(H2,22,23,24). The molecule has 0 atom stereocenters. The molecule has 1 aliphatic rings. The molecular weight excluding hydrogens is 393 g/mol. The molecule has 0 saturated carbocycles. The predicted molar refractivity (Wildman–Crippen MR) is 116 cm³/mol. The summed E-state index contributed by atoms with van der Waals surface area (Å²) in [6.45, 7) is 7.70. The maximum Gasteiger partial charge on any atom is 0.215 e. The van der Waals surface area contributed by atoms with Crippen LogP contribution in [0.2, 0.25) is 0 Å². The SMILES string of the molecule is CCN(CC)S(=O)(=O)CCNC(=NC)NC1CCN(Cc2ccc(F)cc2)CC1. The second kappa shape index (κ2) is 11.5. The Bertz CT molecular complexity index is 743. The number of likely N-dealkylation sites (tertiary alicyclic amines) is 1. The van der Waals surface area contributed by atoms with Gasteiger partial charge in [0.2, 0.25) is 10.0 Å². The number of benzene rings is 1. The van der Waals surface area contributed by atoms with Gasteiger partial charge in [-0.3, -0.25) is 9.89 Å². The van der Waals surface area contributed by atoms with Crippen LogP contribution in [0.1, 0.15) is 32.3 Å². The largest absolute Gasteiger partial charge is 0.355 e. The van der Waals surface area contributed by atoms with Gasteiger partial charge in [-0.1, -0.05) is 26.0 Å². The Morgan fingerprint density at radius 1 is 1.21 bits per heavy atom. The number of halogens is 1. The van der Waals surface area contributed by atoms with E-state index in [0.717, 1.165) is 38.0 Å². The summed E-state index contributed by atoms with van der Waals surface area (Å²) >= 11 is 0. The number of hydrogen-bond donors (Lipinski definition) is 2. The molecule has 7 nitrogen and oxygen atoms in total. The number of guanidine groups is 1. The second-order valence-corrected chi connectivity index (χ2v) is 9.31. The summed E-state index contributed by atoms with van der Waals surface area (Å²) in [7, 11) is -1.55. The van der Waals surface area contributed by atoms with Crippen molar-refractivity contribution >= 4 is 16.0 Å². The van der Waals surface area contributed by atoms with Crippen molar-refractivity contribution in [1.82, 2.24) is 19.8 Å². The lowest BCUT2D eigenvalue weighted by Crippen LogP contribution is -2.49. The molecule has 29 heavy (non-hydrogen) atoms. The number of hydrogen-bond acceptors (Lipinski definition) is 4. The monoisotopic (exact) mass is 427 g/mol. The second-order valence-electron chi connectivity index (χ2n) is 7.22. The predicted octanol–water partition coefficient (Wildman–Crippen LogP) is 1.63. The Hall–Kier alpha value is -1.71. The van der Waals surface area contributed by atoms with Crippen LogP contribution >= 0.6 is 0 Å². The highest BCUT2D eigenvalue weighted by Crippen LogP contribution is 2.14. The van der Waals surface area contributed by atoms with Crippen LogP contribution in [-0.2, 0) is 16.6 Å². The maximum atomic E-state index is 13.0. The lowest BCUT2D eigenvalue weighted by molar-refractivity contribution is 0.198. The number of aliphatic imine (C=N–C) groups is 1. The number of sulfonamides is 1. The van der Waals surface area contributed by atoms with Crippen molar-refractivity contribution in [3.63, 3.8) is 0 Å². The van der Waals surface area contributed by atoms with E-state index in [2.05, 4.69) is 20.5 Å². The molecule has 0 amide bonds. The summed E-state index contributed by atoms with van der Waals surface area (Å²) in [5.41, 5.74) is 1.12. The lowest BCUT2D eigenvalue weighted by Gasteiger charge is -2.33. The minimum absolute atomic E-state index is 0.0471. The van der Waals surface area contributed by atoms with E-state index in [1.165, 1.54) is 16.4 Å². The zero-order valence-electron chi connectivity index (χ0n) is 17.7. The minimum atomic E-state index is -3.24. The summed E-state index contributed by atoms with van der Waals surface area (Å²) < 4.78 is 39.0. The molecule has 1 heterocycles. The van der Waals surface area contributed by atoms with Crippen LogP contribution in [0, 0.1) is 5.82 Å². The topological polar surface area (TPSA) is 77.0 Å². The van der Waals surface area contributed by atoms with Crippen LogP contribution in [0.4, 0.5) is 4.39 Å². The fraction of sp³-hybridized carbons (Fsp3) is 0.650. The highest BCUT2D eigenvalue weighted by Gasteiger charge is 2.21. The zero-order valence-corrected chi connectivity index (χ0v) is 18.5. The Labute approximate surface area is 174 Å². The van der Waals surface area contributed by atoms with Crippen LogP contribution in [0.3, 0.4) is 0 Å². The van der Waals surface area contributed by atoms with Gasteiger partial charge in [0.15, 0.2) is 5.96 Å². The fourth-order valence-electron chi connectivity index (χ4n) is 3.52. The summed E-state index contributed by atoms with van der Waals surface area (Å²) in [5.74, 6) is 0.475. The summed E-state index contributed by atoms with van der Waals surface area (Å²) in [5, 5.41) is 6.51. The summed E-state index contributed by atoms with van der Waals surface area (Å²) in [6, 6.07) is 6.96. The zero-order chi connectivity index (χ0) is 21.3. The molecule has 1 aromatic rings. The first-order valence-electron chi connectivity index (χ1n) is 10.3. The molecule has 0 spiro atoms. The van der Waals surface area contributed by atoms with Gasteiger partial charge in [-0.05, 0) is 30.5 Å². The molecule has 164 valence electrons. The number of nitrogens with one attached hydrogen (secondary N) is 2. The van der Waals surface area contributed by atoms with Gasteiger partial charge in [0.25, 0.3) is 0 Å². The Balaban J connectivity index is 1.73. The van der Waals surface area contributed by atoms with E-state index in [-0.39, 0.29) is 11.6 Å². The van der Waals surface area contributed by atoms with Crippen LogP contribution < -0.4 is 10.6 Å². The van der Waals surface area contributed by atoms with Crippen molar-refractivity contribution < 1.29 is 12.8 Å². The third-order valence-electron chi connectivity index (χ3n) is 5.22. The van der Waals surface area contributed by atoms with Gasteiger partial charge in [-0.15, -0.1) is 0 Å². The smallest absolute Gasteiger partial charge is 0.215 e. The number of piperidine rings is 1. The molecule has 2 rings (SSSR count). The molecule has 1 saturated heterocycles. The molecule has 0 aromatic heterocycles.